The number of nitrogens with zero attached hydrogens (tertiary/aromatic N) is 2. The molecule has 1 amide bonds. The SMILES string of the molecule is COCCN(CC(N)=O)S(=O)(=O)N1CCC[C@H](C)C1. The minimum atomic E-state index is -3.64. The molecule has 0 saturated carbocycles. The van der Waals surface area contributed by atoms with Crippen molar-refractivity contribution in [2.75, 3.05) is 39.9 Å². The maximum Gasteiger partial charge on any atom is 0.282 e. The van der Waals surface area contributed by atoms with Gasteiger partial charge >= 0.3 is 0 Å². The fourth-order valence-corrected chi connectivity index (χ4v) is 3.89. The van der Waals surface area contributed by atoms with Crippen LogP contribution in [-0.2, 0) is 19.7 Å². The maximum atomic E-state index is 12.5. The average molecular weight is 293 g/mol. The number of methoxy groups -OCH3 is 1. The Hall–Kier alpha value is -0.700. The first-order valence-electron chi connectivity index (χ1n) is 6.40. The predicted molar refractivity (Wildman–Crippen MR) is 71.5 cm³/mol. The van der Waals surface area contributed by atoms with Crippen molar-refractivity contribution in [2.45, 2.75) is 19.8 Å². The molecule has 2 N–H and O–H groups in total. The van der Waals surface area contributed by atoms with E-state index in [2.05, 4.69) is 0 Å². The van der Waals surface area contributed by atoms with Crippen LogP contribution in [0.4, 0.5) is 0 Å². The summed E-state index contributed by atoms with van der Waals surface area (Å²) in [5.74, 6) is -0.328. The average Bonchev–Trinajstić information content (AvgIpc) is 2.34. The van der Waals surface area contributed by atoms with Crippen LogP contribution in [0.25, 0.3) is 0 Å². The van der Waals surface area contributed by atoms with Gasteiger partial charge in [0, 0.05) is 26.7 Å². The number of amides is 1. The quantitative estimate of drug-likeness (QED) is 0.678. The third-order valence-corrected chi connectivity index (χ3v) is 5.10. The zero-order chi connectivity index (χ0) is 14.5. The normalized spacial score (nSPS) is 21.7. The van der Waals surface area contributed by atoms with Crippen molar-refractivity contribution < 1.29 is 17.9 Å². The molecule has 7 nitrogen and oxygen atoms in total. The standard InChI is InChI=1S/C11H23N3O4S/c1-10-4-3-5-13(8-10)19(16,17)14(6-7-18-2)9-11(12)15/h10H,3-9H2,1-2H3,(H2,12,15)/t10-/m0/s1. The number of carbonyl (C=O) groups is 1. The van der Waals surface area contributed by atoms with E-state index in [1.807, 2.05) is 6.92 Å². The van der Waals surface area contributed by atoms with Crippen LogP contribution in [0.1, 0.15) is 19.8 Å². The van der Waals surface area contributed by atoms with Gasteiger partial charge in [-0.1, -0.05) is 6.92 Å². The van der Waals surface area contributed by atoms with Crippen LogP contribution in [0.5, 0.6) is 0 Å². The Balaban J connectivity index is 2.81. The second-order valence-corrected chi connectivity index (χ2v) is 6.83. The van der Waals surface area contributed by atoms with E-state index in [1.165, 1.54) is 11.4 Å². The lowest BCUT2D eigenvalue weighted by Gasteiger charge is -2.34. The van der Waals surface area contributed by atoms with Crippen LogP contribution < -0.4 is 5.73 Å². The van der Waals surface area contributed by atoms with Crippen molar-refractivity contribution in [3.05, 3.63) is 0 Å². The van der Waals surface area contributed by atoms with E-state index in [4.69, 9.17) is 10.5 Å². The number of ether oxygens (including phenoxy) is 1. The molecule has 1 saturated heterocycles. The van der Waals surface area contributed by atoms with Crippen LogP contribution in [0.3, 0.4) is 0 Å². The summed E-state index contributed by atoms with van der Waals surface area (Å²) < 4.78 is 32.3. The summed E-state index contributed by atoms with van der Waals surface area (Å²) >= 11 is 0. The summed E-state index contributed by atoms with van der Waals surface area (Å²) in [6.45, 7) is 3.06. The maximum absolute atomic E-state index is 12.5. The predicted octanol–water partition coefficient (Wildman–Crippen LogP) is -0.603. The molecular weight excluding hydrogens is 270 g/mol. The van der Waals surface area contributed by atoms with Gasteiger partial charge in [0.15, 0.2) is 0 Å². The van der Waals surface area contributed by atoms with Crippen molar-refractivity contribution in [1.29, 1.82) is 0 Å². The number of piperidine rings is 1. The fourth-order valence-electron chi connectivity index (χ4n) is 2.16. The summed E-state index contributed by atoms with van der Waals surface area (Å²) in [4.78, 5) is 11.0. The molecule has 0 aromatic carbocycles. The Bertz CT molecular complexity index is 399. The zero-order valence-corrected chi connectivity index (χ0v) is 12.4. The molecule has 0 bridgehead atoms. The first-order chi connectivity index (χ1) is 8.87. The molecule has 0 aromatic heterocycles. The Morgan fingerprint density at radius 1 is 1.53 bits per heavy atom. The first-order valence-corrected chi connectivity index (χ1v) is 7.80. The van der Waals surface area contributed by atoms with Crippen LogP contribution in [0, 0.1) is 5.92 Å². The molecule has 1 aliphatic heterocycles. The molecule has 1 aliphatic rings. The van der Waals surface area contributed by atoms with Gasteiger partial charge in [0.1, 0.15) is 0 Å². The number of carbonyl (C=O) groups excluding carboxylic acids is 1. The Morgan fingerprint density at radius 3 is 2.74 bits per heavy atom. The summed E-state index contributed by atoms with van der Waals surface area (Å²) in [7, 11) is -2.15. The molecule has 0 radical (unpaired) electrons. The van der Waals surface area contributed by atoms with Crippen LogP contribution >= 0.6 is 0 Å². The summed E-state index contributed by atoms with van der Waals surface area (Å²) in [6, 6.07) is 0. The Labute approximate surface area is 114 Å². The molecule has 0 unspecified atom stereocenters. The number of hydrogen-bond donors (Lipinski definition) is 1. The topological polar surface area (TPSA) is 92.9 Å². The Morgan fingerprint density at radius 2 is 2.21 bits per heavy atom. The van der Waals surface area contributed by atoms with Crippen molar-refractivity contribution in [2.24, 2.45) is 11.7 Å². The van der Waals surface area contributed by atoms with Crippen LogP contribution in [0.2, 0.25) is 0 Å². The molecule has 1 atom stereocenters. The number of hydrogen-bond acceptors (Lipinski definition) is 4. The molecule has 0 spiro atoms. The molecule has 0 aromatic rings. The highest BCUT2D eigenvalue weighted by Crippen LogP contribution is 2.20. The second-order valence-electron chi connectivity index (χ2n) is 4.91. The minimum Gasteiger partial charge on any atom is -0.383 e. The van der Waals surface area contributed by atoms with E-state index in [0.29, 0.717) is 19.0 Å². The largest absolute Gasteiger partial charge is 0.383 e. The molecule has 1 fully saturated rings. The van der Waals surface area contributed by atoms with E-state index in [9.17, 15) is 13.2 Å². The number of primary amides is 1. The van der Waals surface area contributed by atoms with Crippen LogP contribution in [0.15, 0.2) is 0 Å². The summed E-state index contributed by atoms with van der Waals surface area (Å²) in [5, 5.41) is 0. The zero-order valence-electron chi connectivity index (χ0n) is 11.5. The Kier molecular flexibility index (Phi) is 6.18. The van der Waals surface area contributed by atoms with E-state index in [0.717, 1.165) is 17.1 Å². The number of rotatable bonds is 7. The molecule has 19 heavy (non-hydrogen) atoms. The highest BCUT2D eigenvalue weighted by Gasteiger charge is 2.33. The molecule has 8 heteroatoms. The fraction of sp³-hybridized carbons (Fsp3) is 0.909. The van der Waals surface area contributed by atoms with Gasteiger partial charge in [0.2, 0.25) is 5.91 Å². The summed E-state index contributed by atoms with van der Waals surface area (Å²) in [5.41, 5.74) is 5.11. The van der Waals surface area contributed by atoms with Gasteiger partial charge in [-0.15, -0.1) is 0 Å². The van der Waals surface area contributed by atoms with Gasteiger partial charge in [-0.2, -0.15) is 17.0 Å². The lowest BCUT2D eigenvalue weighted by atomic mass is 10.0. The van der Waals surface area contributed by atoms with Crippen molar-refractivity contribution >= 4 is 16.1 Å². The van der Waals surface area contributed by atoms with Gasteiger partial charge in [0.25, 0.3) is 10.2 Å². The molecule has 0 aliphatic carbocycles. The molecule has 112 valence electrons. The third-order valence-electron chi connectivity index (χ3n) is 3.15. The van der Waals surface area contributed by atoms with E-state index in [1.54, 1.807) is 0 Å². The van der Waals surface area contributed by atoms with Gasteiger partial charge in [0.05, 0.1) is 13.2 Å². The first kappa shape index (κ1) is 16.4. The smallest absolute Gasteiger partial charge is 0.282 e. The van der Waals surface area contributed by atoms with E-state index < -0.39 is 16.1 Å². The summed E-state index contributed by atoms with van der Waals surface area (Å²) in [6.07, 6.45) is 1.87. The van der Waals surface area contributed by atoms with E-state index in [-0.39, 0.29) is 19.7 Å². The van der Waals surface area contributed by atoms with Gasteiger partial charge in [-0.05, 0) is 18.8 Å². The second kappa shape index (κ2) is 7.18. The lowest BCUT2D eigenvalue weighted by Crippen LogP contribution is -2.50. The van der Waals surface area contributed by atoms with Crippen molar-refractivity contribution in [3.63, 3.8) is 0 Å². The molecule has 1 heterocycles. The minimum absolute atomic E-state index is 0.132. The van der Waals surface area contributed by atoms with Crippen LogP contribution in [-0.4, -0.2) is 62.8 Å². The monoisotopic (exact) mass is 293 g/mol. The van der Waals surface area contributed by atoms with Crippen molar-refractivity contribution in [3.8, 4) is 0 Å². The van der Waals surface area contributed by atoms with E-state index >= 15 is 0 Å². The molecular formula is C11H23N3O4S. The highest BCUT2D eigenvalue weighted by atomic mass is 32.2. The molecule has 1 rings (SSSR count). The number of nitrogens with two attached hydrogens (primary N) is 1. The highest BCUT2D eigenvalue weighted by molar-refractivity contribution is 7.86. The van der Waals surface area contributed by atoms with Gasteiger partial charge < -0.3 is 10.5 Å². The lowest BCUT2D eigenvalue weighted by molar-refractivity contribution is -0.118. The third kappa shape index (κ3) is 4.72. The van der Waals surface area contributed by atoms with Gasteiger partial charge in [-0.25, -0.2) is 0 Å². The van der Waals surface area contributed by atoms with Crippen molar-refractivity contribution in [1.82, 2.24) is 8.61 Å². The van der Waals surface area contributed by atoms with Gasteiger partial charge in [-0.3, -0.25) is 4.79 Å².